The van der Waals surface area contributed by atoms with Crippen molar-refractivity contribution in [2.45, 2.75) is 6.61 Å². The third kappa shape index (κ3) is 4.23. The maximum Gasteiger partial charge on any atom is 0.329 e. The molecule has 3 aromatic rings. The van der Waals surface area contributed by atoms with Crippen molar-refractivity contribution in [1.82, 2.24) is 10.2 Å². The number of nitrogens with one attached hydrogen (secondary N) is 1. The van der Waals surface area contributed by atoms with Crippen LogP contribution in [-0.2, 0) is 11.4 Å². The predicted molar refractivity (Wildman–Crippen MR) is 126 cm³/mol. The van der Waals surface area contributed by atoms with Gasteiger partial charge in [0.1, 0.15) is 18.1 Å². The van der Waals surface area contributed by atoms with Crippen molar-refractivity contribution >= 4 is 51.4 Å². The SMILES string of the molecule is C=CCN1C(=O)N/C(=C/c2ccc(OCc3ccc4ccccc4c3)c(I)c2)C1=O. The third-order valence-corrected chi connectivity index (χ3v) is 5.59. The smallest absolute Gasteiger partial charge is 0.329 e. The highest BCUT2D eigenvalue weighted by Crippen LogP contribution is 2.25. The Kier molecular flexibility index (Phi) is 5.85. The molecule has 5 nitrogen and oxygen atoms in total. The first kappa shape index (κ1) is 20.2. The summed E-state index contributed by atoms with van der Waals surface area (Å²) in [7, 11) is 0. The lowest BCUT2D eigenvalue weighted by molar-refractivity contribution is -0.122. The van der Waals surface area contributed by atoms with Crippen LogP contribution in [0, 0.1) is 3.57 Å². The highest BCUT2D eigenvalue weighted by Gasteiger charge is 2.32. The van der Waals surface area contributed by atoms with Gasteiger partial charge in [-0.1, -0.05) is 48.5 Å². The van der Waals surface area contributed by atoms with Crippen LogP contribution in [0.2, 0.25) is 0 Å². The van der Waals surface area contributed by atoms with Gasteiger partial charge in [0.25, 0.3) is 5.91 Å². The second-order valence-corrected chi connectivity index (χ2v) is 8.01. The lowest BCUT2D eigenvalue weighted by Crippen LogP contribution is -2.30. The summed E-state index contributed by atoms with van der Waals surface area (Å²) < 4.78 is 6.92. The number of hydrogen-bond donors (Lipinski definition) is 1. The molecule has 4 rings (SSSR count). The molecule has 0 aliphatic carbocycles. The number of urea groups is 1. The number of nitrogens with zero attached hydrogens (tertiary/aromatic N) is 1. The number of benzene rings is 3. The summed E-state index contributed by atoms with van der Waals surface area (Å²) in [5.41, 5.74) is 2.15. The zero-order valence-corrected chi connectivity index (χ0v) is 18.3. The van der Waals surface area contributed by atoms with Crippen molar-refractivity contribution in [1.29, 1.82) is 0 Å². The van der Waals surface area contributed by atoms with E-state index in [0.717, 1.165) is 25.3 Å². The zero-order chi connectivity index (χ0) is 21.1. The molecule has 0 bridgehead atoms. The summed E-state index contributed by atoms with van der Waals surface area (Å²) in [5.74, 6) is 0.410. The predicted octanol–water partition coefficient (Wildman–Crippen LogP) is 5.10. The molecule has 1 aliphatic heterocycles. The van der Waals surface area contributed by atoms with Crippen LogP contribution in [0.15, 0.2) is 79.0 Å². The minimum absolute atomic E-state index is 0.182. The summed E-state index contributed by atoms with van der Waals surface area (Å²) >= 11 is 2.21. The van der Waals surface area contributed by atoms with Crippen molar-refractivity contribution in [3.63, 3.8) is 0 Å². The van der Waals surface area contributed by atoms with Crippen molar-refractivity contribution in [2.24, 2.45) is 0 Å². The lowest BCUT2D eigenvalue weighted by Gasteiger charge is -2.10. The molecule has 0 saturated carbocycles. The fourth-order valence-electron chi connectivity index (χ4n) is 3.25. The van der Waals surface area contributed by atoms with E-state index in [1.165, 1.54) is 16.8 Å². The summed E-state index contributed by atoms with van der Waals surface area (Å²) in [6.45, 7) is 4.22. The van der Waals surface area contributed by atoms with E-state index in [4.69, 9.17) is 4.74 Å². The second kappa shape index (κ2) is 8.71. The Labute approximate surface area is 188 Å². The van der Waals surface area contributed by atoms with Crippen LogP contribution < -0.4 is 10.1 Å². The highest BCUT2D eigenvalue weighted by atomic mass is 127. The Morgan fingerprint density at radius 1 is 1.03 bits per heavy atom. The number of amides is 3. The average Bonchev–Trinajstić information content (AvgIpc) is 3.00. The van der Waals surface area contributed by atoms with Crippen molar-refractivity contribution in [2.75, 3.05) is 6.54 Å². The van der Waals surface area contributed by atoms with Crippen LogP contribution >= 0.6 is 22.6 Å². The van der Waals surface area contributed by atoms with E-state index in [1.807, 2.05) is 30.3 Å². The van der Waals surface area contributed by atoms with Crippen molar-refractivity contribution in [3.8, 4) is 5.75 Å². The van der Waals surface area contributed by atoms with Crippen LogP contribution in [0.5, 0.6) is 5.75 Å². The van der Waals surface area contributed by atoms with Crippen molar-refractivity contribution in [3.05, 3.63) is 93.7 Å². The molecule has 1 saturated heterocycles. The Hall–Kier alpha value is -3.13. The molecule has 0 atom stereocenters. The van der Waals surface area contributed by atoms with Gasteiger partial charge in [0.15, 0.2) is 0 Å². The van der Waals surface area contributed by atoms with Gasteiger partial charge in [-0.3, -0.25) is 9.69 Å². The topological polar surface area (TPSA) is 58.6 Å². The maximum absolute atomic E-state index is 12.3. The van der Waals surface area contributed by atoms with Crippen LogP contribution in [-0.4, -0.2) is 23.4 Å². The zero-order valence-electron chi connectivity index (χ0n) is 16.1. The van der Waals surface area contributed by atoms with E-state index < -0.39 is 6.03 Å². The van der Waals surface area contributed by atoms with E-state index in [9.17, 15) is 9.59 Å². The van der Waals surface area contributed by atoms with Gasteiger partial charge in [-0.25, -0.2) is 4.79 Å². The molecule has 3 aromatic carbocycles. The van der Waals surface area contributed by atoms with Gasteiger partial charge in [-0.05, 0) is 68.8 Å². The molecule has 0 spiro atoms. The standard InChI is InChI=1S/C24H19IN2O3/c1-2-11-27-23(28)21(26-24(27)29)14-16-8-10-22(20(25)13-16)30-15-17-7-9-18-5-3-4-6-19(18)12-17/h2-10,12-14H,1,11,15H2,(H,26,29)/b21-14+. The summed E-state index contributed by atoms with van der Waals surface area (Å²) in [6.07, 6.45) is 3.18. The molecule has 0 aromatic heterocycles. The van der Waals surface area contributed by atoms with E-state index in [-0.39, 0.29) is 18.1 Å². The van der Waals surface area contributed by atoms with Crippen LogP contribution in [0.3, 0.4) is 0 Å². The van der Waals surface area contributed by atoms with Crippen molar-refractivity contribution < 1.29 is 14.3 Å². The maximum atomic E-state index is 12.3. The number of fused-ring (bicyclic) bond motifs is 1. The van der Waals surface area contributed by atoms with E-state index in [0.29, 0.717) is 6.61 Å². The fourth-order valence-corrected chi connectivity index (χ4v) is 3.94. The Bertz CT molecular complexity index is 1190. The summed E-state index contributed by atoms with van der Waals surface area (Å²) in [6, 6.07) is 19.7. The Morgan fingerprint density at radius 3 is 2.60 bits per heavy atom. The highest BCUT2D eigenvalue weighted by molar-refractivity contribution is 14.1. The molecular weight excluding hydrogens is 491 g/mol. The van der Waals surface area contributed by atoms with E-state index in [2.05, 4.69) is 64.8 Å². The molecule has 3 amide bonds. The average molecular weight is 510 g/mol. The van der Waals surface area contributed by atoms with Gasteiger partial charge < -0.3 is 10.1 Å². The molecule has 1 heterocycles. The molecule has 150 valence electrons. The minimum Gasteiger partial charge on any atom is -0.488 e. The molecule has 6 heteroatoms. The second-order valence-electron chi connectivity index (χ2n) is 6.85. The number of imide groups is 1. The summed E-state index contributed by atoms with van der Waals surface area (Å²) in [4.78, 5) is 25.3. The molecule has 30 heavy (non-hydrogen) atoms. The first-order chi connectivity index (χ1) is 14.5. The quantitative estimate of drug-likeness (QED) is 0.217. The van der Waals surface area contributed by atoms with Gasteiger partial charge in [0.2, 0.25) is 0 Å². The number of hydrogen-bond acceptors (Lipinski definition) is 3. The first-order valence-corrected chi connectivity index (χ1v) is 10.5. The number of carbonyl (C=O) groups is 2. The van der Waals surface area contributed by atoms with Gasteiger partial charge in [0.05, 0.1) is 3.57 Å². The molecule has 1 N–H and O–H groups in total. The van der Waals surface area contributed by atoms with Crippen LogP contribution in [0.1, 0.15) is 11.1 Å². The molecule has 1 aliphatic rings. The normalized spacial score (nSPS) is 15.0. The van der Waals surface area contributed by atoms with Gasteiger partial charge in [-0.15, -0.1) is 6.58 Å². The molecular formula is C24H19IN2O3. The molecule has 0 radical (unpaired) electrons. The largest absolute Gasteiger partial charge is 0.488 e. The number of carbonyl (C=O) groups excluding carboxylic acids is 2. The van der Waals surface area contributed by atoms with Crippen LogP contribution in [0.25, 0.3) is 16.8 Å². The van der Waals surface area contributed by atoms with Gasteiger partial charge in [-0.2, -0.15) is 0 Å². The fraction of sp³-hybridized carbons (Fsp3) is 0.0833. The Balaban J connectivity index is 1.47. The van der Waals surface area contributed by atoms with E-state index >= 15 is 0 Å². The first-order valence-electron chi connectivity index (χ1n) is 9.40. The van der Waals surface area contributed by atoms with E-state index in [1.54, 1.807) is 6.08 Å². The number of ether oxygens (including phenoxy) is 1. The summed E-state index contributed by atoms with van der Waals surface area (Å²) in [5, 5.41) is 4.99. The third-order valence-electron chi connectivity index (χ3n) is 4.75. The van der Waals surface area contributed by atoms with Gasteiger partial charge in [0, 0.05) is 6.54 Å². The van der Waals surface area contributed by atoms with Crippen LogP contribution in [0.4, 0.5) is 4.79 Å². The molecule has 0 unspecified atom stereocenters. The monoisotopic (exact) mass is 510 g/mol. The number of rotatable bonds is 6. The number of halogens is 1. The van der Waals surface area contributed by atoms with Gasteiger partial charge >= 0.3 is 6.03 Å². The lowest BCUT2D eigenvalue weighted by atomic mass is 10.1. The minimum atomic E-state index is -0.434. The molecule has 1 fully saturated rings. The Morgan fingerprint density at radius 2 is 1.83 bits per heavy atom.